The monoisotopic (exact) mass is 481 g/mol. The lowest BCUT2D eigenvalue weighted by Crippen LogP contribution is -2.42. The third-order valence-corrected chi connectivity index (χ3v) is 9.20. The van der Waals surface area contributed by atoms with Crippen molar-refractivity contribution in [2.45, 2.75) is 52.3 Å². The van der Waals surface area contributed by atoms with Crippen LogP contribution in [0.3, 0.4) is 0 Å². The van der Waals surface area contributed by atoms with E-state index in [-0.39, 0.29) is 17.9 Å². The number of sulfone groups is 1. The fourth-order valence-electron chi connectivity index (χ4n) is 2.26. The summed E-state index contributed by atoms with van der Waals surface area (Å²) in [6.45, 7) is 3.80. The highest BCUT2D eigenvalue weighted by Crippen LogP contribution is 2.45. The summed E-state index contributed by atoms with van der Waals surface area (Å²) in [6.07, 6.45) is 2.48. The number of hydrogen-bond donors (Lipinski definition) is 1. The molecular weight excluding hydrogens is 466 g/mol. The number of alkyl halides is 3. The van der Waals surface area contributed by atoms with Crippen LogP contribution < -0.4 is 5.32 Å². The Morgan fingerprint density at radius 3 is 2.32 bits per heavy atom. The molecule has 0 aromatic rings. The molecule has 1 saturated carbocycles. The Balaban J connectivity index is 2.78. The Labute approximate surface area is 139 Å². The second-order valence-corrected chi connectivity index (χ2v) is 15.8. The summed E-state index contributed by atoms with van der Waals surface area (Å²) in [4.78, 5) is 12.0. The van der Waals surface area contributed by atoms with E-state index in [9.17, 15) is 13.2 Å². The van der Waals surface area contributed by atoms with Gasteiger partial charge >= 0.3 is 0 Å². The van der Waals surface area contributed by atoms with Crippen molar-refractivity contribution >= 4 is 63.5 Å². The molecule has 1 N–H and O–H groups in total. The number of rotatable bonds is 3. The van der Waals surface area contributed by atoms with Crippen molar-refractivity contribution in [3.8, 4) is 0 Å². The van der Waals surface area contributed by atoms with Crippen LogP contribution in [0.2, 0.25) is 0 Å². The van der Waals surface area contributed by atoms with Gasteiger partial charge in [0.2, 0.25) is 7.38 Å². The molecule has 1 aliphatic carbocycles. The van der Waals surface area contributed by atoms with Gasteiger partial charge in [-0.05, 0) is 80.9 Å². The smallest absolute Gasteiger partial charge is 0.235 e. The minimum Gasteiger partial charge on any atom is -0.354 e. The van der Waals surface area contributed by atoms with Gasteiger partial charge in [0.15, 0.2) is 9.84 Å². The van der Waals surface area contributed by atoms with Gasteiger partial charge < -0.3 is 5.32 Å². The minimum absolute atomic E-state index is 0.0424. The van der Waals surface area contributed by atoms with Gasteiger partial charge in [-0.25, -0.2) is 8.42 Å². The Bertz CT molecular complexity index is 431. The topological polar surface area (TPSA) is 63.2 Å². The maximum atomic E-state index is 12.3. The van der Waals surface area contributed by atoms with Crippen molar-refractivity contribution in [3.63, 3.8) is 0 Å². The molecular formula is C11H18Br3NO3S. The Kier molecular flexibility index (Phi) is 6.36. The van der Waals surface area contributed by atoms with Crippen LogP contribution >= 0.6 is 47.8 Å². The second-order valence-electron chi connectivity index (χ2n) is 5.14. The summed E-state index contributed by atoms with van der Waals surface area (Å²) in [7, 11) is -3.42. The molecule has 19 heavy (non-hydrogen) atoms. The summed E-state index contributed by atoms with van der Waals surface area (Å²) in [5.41, 5.74) is 0. The van der Waals surface area contributed by atoms with Crippen molar-refractivity contribution in [2.24, 2.45) is 5.92 Å². The van der Waals surface area contributed by atoms with Gasteiger partial charge in [-0.1, -0.05) is 6.42 Å². The first-order valence-corrected chi connectivity index (χ1v) is 10.1. The molecule has 0 heterocycles. The van der Waals surface area contributed by atoms with Gasteiger partial charge in [-0.2, -0.15) is 0 Å². The highest BCUT2D eigenvalue weighted by molar-refractivity contribution is 9.42. The van der Waals surface area contributed by atoms with Crippen LogP contribution in [0.25, 0.3) is 0 Å². The number of halogens is 3. The first-order valence-electron chi connectivity index (χ1n) is 6.16. The predicted molar refractivity (Wildman–Crippen MR) is 87.5 cm³/mol. The van der Waals surface area contributed by atoms with Crippen LogP contribution in [0.4, 0.5) is 0 Å². The third kappa shape index (κ3) is 4.68. The van der Waals surface area contributed by atoms with Gasteiger partial charge in [-0.15, -0.1) is 0 Å². The number of amides is 1. The summed E-state index contributed by atoms with van der Waals surface area (Å²) in [5.74, 6) is -0.259. The average Bonchev–Trinajstić information content (AvgIpc) is 2.26. The van der Waals surface area contributed by atoms with Crippen molar-refractivity contribution in [1.29, 1.82) is 0 Å². The average molecular weight is 484 g/mol. The van der Waals surface area contributed by atoms with E-state index >= 15 is 0 Å². The van der Waals surface area contributed by atoms with Crippen molar-refractivity contribution in [3.05, 3.63) is 0 Å². The molecule has 1 fully saturated rings. The van der Waals surface area contributed by atoms with Gasteiger partial charge in [0.1, 0.15) is 0 Å². The molecule has 0 aromatic heterocycles. The molecule has 112 valence electrons. The number of carbonyl (C=O) groups excluding carboxylic acids is 1. The first kappa shape index (κ1) is 17.9. The largest absolute Gasteiger partial charge is 0.354 e. The lowest BCUT2D eigenvalue weighted by Gasteiger charge is -2.31. The minimum atomic E-state index is -3.42. The van der Waals surface area contributed by atoms with Crippen LogP contribution in [0, 0.1) is 5.92 Å². The number of carbonyl (C=O) groups is 1. The van der Waals surface area contributed by atoms with Gasteiger partial charge in [-0.3, -0.25) is 4.79 Å². The maximum absolute atomic E-state index is 12.3. The van der Waals surface area contributed by atoms with Gasteiger partial charge in [0, 0.05) is 12.0 Å². The normalized spacial score (nSPS) is 25.4. The Morgan fingerprint density at radius 2 is 1.84 bits per heavy atom. The molecule has 0 bridgehead atoms. The van der Waals surface area contributed by atoms with E-state index in [0.717, 1.165) is 12.8 Å². The highest BCUT2D eigenvalue weighted by atomic mass is 80.0. The van der Waals surface area contributed by atoms with E-state index in [2.05, 4.69) is 53.1 Å². The molecule has 1 amide bonds. The van der Waals surface area contributed by atoms with E-state index in [1.807, 2.05) is 13.8 Å². The zero-order chi connectivity index (χ0) is 14.8. The maximum Gasteiger partial charge on any atom is 0.235 e. The van der Waals surface area contributed by atoms with Crippen molar-refractivity contribution < 1.29 is 13.2 Å². The molecule has 4 nitrogen and oxygen atoms in total. The van der Waals surface area contributed by atoms with Crippen LogP contribution in [0.1, 0.15) is 39.5 Å². The Hall–Kier alpha value is 0.860. The fraction of sp³-hybridized carbons (Fsp3) is 0.909. The molecule has 0 saturated heterocycles. The van der Waals surface area contributed by atoms with E-state index < -0.39 is 16.6 Å². The molecule has 2 unspecified atom stereocenters. The lowest BCUT2D eigenvalue weighted by atomic mass is 9.88. The number of hydrogen-bond acceptors (Lipinski definition) is 3. The fourth-order valence-corrected chi connectivity index (χ4v) is 5.98. The van der Waals surface area contributed by atoms with Crippen molar-refractivity contribution in [2.75, 3.05) is 0 Å². The van der Waals surface area contributed by atoms with Crippen LogP contribution in [0.5, 0.6) is 0 Å². The van der Waals surface area contributed by atoms with E-state index in [0.29, 0.717) is 12.8 Å². The van der Waals surface area contributed by atoms with Crippen molar-refractivity contribution in [1.82, 2.24) is 5.32 Å². The molecule has 0 radical (unpaired) electrons. The van der Waals surface area contributed by atoms with Crippen LogP contribution in [-0.4, -0.2) is 27.1 Å². The van der Waals surface area contributed by atoms with Gasteiger partial charge in [0.05, 0.1) is 5.25 Å². The molecule has 0 spiro atoms. The van der Waals surface area contributed by atoms with E-state index in [1.165, 1.54) is 0 Å². The molecule has 2 atom stereocenters. The third-order valence-electron chi connectivity index (χ3n) is 3.19. The summed E-state index contributed by atoms with van der Waals surface area (Å²) in [6, 6.07) is 0.0760. The molecule has 8 heteroatoms. The van der Waals surface area contributed by atoms with E-state index in [1.54, 1.807) is 0 Å². The first-order chi connectivity index (χ1) is 8.55. The second kappa shape index (κ2) is 6.75. The summed E-state index contributed by atoms with van der Waals surface area (Å²) in [5, 5.41) is 2.34. The van der Waals surface area contributed by atoms with E-state index in [4.69, 9.17) is 0 Å². The number of nitrogens with one attached hydrogen (secondary N) is 1. The standard InChI is InChI=1S/C11H18Br3NO3S/c1-7(2)15-10(16)8-4-3-5-9(6-8)19(17,18)11(12,13)14/h7-9H,3-6H2,1-2H3,(H,15,16). The lowest BCUT2D eigenvalue weighted by molar-refractivity contribution is -0.126. The molecule has 1 aliphatic rings. The summed E-state index contributed by atoms with van der Waals surface area (Å²) >= 11 is 9.23. The SMILES string of the molecule is CC(C)NC(=O)C1CCCC(S(=O)(=O)C(Br)(Br)Br)C1. The van der Waals surface area contributed by atoms with Crippen LogP contribution in [-0.2, 0) is 14.6 Å². The quantitative estimate of drug-likeness (QED) is 0.626. The Morgan fingerprint density at radius 1 is 1.26 bits per heavy atom. The zero-order valence-electron chi connectivity index (χ0n) is 10.8. The van der Waals surface area contributed by atoms with Gasteiger partial charge in [0.25, 0.3) is 0 Å². The summed E-state index contributed by atoms with van der Waals surface area (Å²) < 4.78 is 23.3. The predicted octanol–water partition coefficient (Wildman–Crippen LogP) is 3.28. The zero-order valence-corrected chi connectivity index (χ0v) is 16.4. The molecule has 0 aromatic carbocycles. The molecule has 0 aliphatic heterocycles. The van der Waals surface area contributed by atoms with Crippen LogP contribution in [0.15, 0.2) is 0 Å². The highest BCUT2D eigenvalue weighted by Gasteiger charge is 2.44. The molecule has 1 rings (SSSR count).